The van der Waals surface area contributed by atoms with Crippen LogP contribution in [0.3, 0.4) is 0 Å². The van der Waals surface area contributed by atoms with Crippen LogP contribution in [0.2, 0.25) is 0 Å². The minimum absolute atomic E-state index is 0.403. The first-order valence-corrected chi connectivity index (χ1v) is 6.91. The van der Waals surface area contributed by atoms with E-state index in [1.54, 1.807) is 7.11 Å². The van der Waals surface area contributed by atoms with Gasteiger partial charge in [0.1, 0.15) is 0 Å². The van der Waals surface area contributed by atoms with E-state index >= 15 is 0 Å². The quantitative estimate of drug-likeness (QED) is 0.716. The van der Waals surface area contributed by atoms with Crippen molar-refractivity contribution >= 4 is 21.6 Å². The second kappa shape index (κ2) is 8.49. The Morgan fingerprint density at radius 2 is 1.95 bits per heavy atom. The highest BCUT2D eigenvalue weighted by Crippen LogP contribution is 2.33. The predicted octanol–water partition coefficient (Wildman–Crippen LogP) is 3.93. The molecule has 0 aliphatic rings. The lowest BCUT2D eigenvalue weighted by molar-refractivity contribution is -0.137. The summed E-state index contributed by atoms with van der Waals surface area (Å²) in [5.74, 6) is 0. The highest BCUT2D eigenvalue weighted by Gasteiger charge is 2.30. The Hall–Kier alpha value is -0.790. The summed E-state index contributed by atoms with van der Waals surface area (Å²) in [4.78, 5) is 0. The maximum atomic E-state index is 12.6. The molecule has 7 heteroatoms. The number of ether oxygens (including phenoxy) is 2. The smallest absolute Gasteiger partial charge is 0.385 e. The molecule has 0 atom stereocenters. The Labute approximate surface area is 124 Å². The van der Waals surface area contributed by atoms with Gasteiger partial charge in [-0.3, -0.25) is 0 Å². The molecule has 0 heterocycles. The molecule has 3 nitrogen and oxygen atoms in total. The molecule has 0 unspecified atom stereocenters. The minimum atomic E-state index is -4.34. The van der Waals surface area contributed by atoms with Crippen LogP contribution in [0.1, 0.15) is 12.0 Å². The minimum Gasteiger partial charge on any atom is -0.385 e. The summed E-state index contributed by atoms with van der Waals surface area (Å²) in [6.07, 6.45) is -3.54. The maximum absolute atomic E-state index is 12.6. The van der Waals surface area contributed by atoms with Crippen LogP contribution in [-0.4, -0.2) is 33.5 Å². The highest BCUT2D eigenvalue weighted by molar-refractivity contribution is 9.10. The number of methoxy groups -OCH3 is 1. The Kier molecular flexibility index (Phi) is 7.32. The zero-order valence-corrected chi connectivity index (χ0v) is 12.7. The molecule has 114 valence electrons. The van der Waals surface area contributed by atoms with Gasteiger partial charge in [0.25, 0.3) is 0 Å². The van der Waals surface area contributed by atoms with Crippen LogP contribution in [0.15, 0.2) is 22.7 Å². The van der Waals surface area contributed by atoms with E-state index in [-0.39, 0.29) is 0 Å². The van der Waals surface area contributed by atoms with Gasteiger partial charge in [-0.15, -0.1) is 0 Å². The first-order chi connectivity index (χ1) is 9.45. The molecular weight excluding hydrogens is 339 g/mol. The molecule has 0 aromatic heterocycles. The van der Waals surface area contributed by atoms with Gasteiger partial charge in [-0.2, -0.15) is 13.2 Å². The molecule has 1 rings (SSSR count). The topological polar surface area (TPSA) is 30.5 Å². The normalized spacial score (nSPS) is 11.7. The molecule has 0 amide bonds. The fraction of sp³-hybridized carbons (Fsp3) is 0.538. The van der Waals surface area contributed by atoms with Crippen LogP contribution in [0.4, 0.5) is 18.9 Å². The molecule has 0 spiro atoms. The number of alkyl halides is 3. The number of rotatable bonds is 8. The Morgan fingerprint density at radius 3 is 2.60 bits per heavy atom. The lowest BCUT2D eigenvalue weighted by Crippen LogP contribution is -2.12. The Bertz CT molecular complexity index is 413. The Balaban J connectivity index is 2.40. The third-order valence-electron chi connectivity index (χ3n) is 2.49. The lowest BCUT2D eigenvalue weighted by atomic mass is 10.2. The van der Waals surface area contributed by atoms with E-state index in [1.807, 2.05) is 0 Å². The molecule has 1 aromatic carbocycles. The van der Waals surface area contributed by atoms with Gasteiger partial charge in [0.15, 0.2) is 0 Å². The molecule has 1 aromatic rings. The summed E-state index contributed by atoms with van der Waals surface area (Å²) in [7, 11) is 1.62. The van der Waals surface area contributed by atoms with Crippen molar-refractivity contribution in [2.75, 3.05) is 38.8 Å². The van der Waals surface area contributed by atoms with Crippen LogP contribution in [0.5, 0.6) is 0 Å². The summed E-state index contributed by atoms with van der Waals surface area (Å²) in [5, 5.41) is 2.91. The highest BCUT2D eigenvalue weighted by atomic mass is 79.9. The van der Waals surface area contributed by atoms with Gasteiger partial charge in [0, 0.05) is 37.0 Å². The van der Waals surface area contributed by atoms with E-state index < -0.39 is 11.7 Å². The van der Waals surface area contributed by atoms with Gasteiger partial charge in [-0.1, -0.05) is 0 Å². The zero-order chi connectivity index (χ0) is 15.0. The van der Waals surface area contributed by atoms with Crippen molar-refractivity contribution < 1.29 is 22.6 Å². The van der Waals surface area contributed by atoms with Crippen LogP contribution in [0, 0.1) is 0 Å². The SMILES string of the molecule is COCCCOCCNc1cc(C(F)(F)F)ccc1Br. The summed E-state index contributed by atoms with van der Waals surface area (Å²) in [6, 6.07) is 3.50. The van der Waals surface area contributed by atoms with Crippen molar-refractivity contribution in [2.45, 2.75) is 12.6 Å². The van der Waals surface area contributed by atoms with E-state index in [4.69, 9.17) is 9.47 Å². The van der Waals surface area contributed by atoms with Crippen molar-refractivity contribution in [3.8, 4) is 0 Å². The van der Waals surface area contributed by atoms with E-state index in [2.05, 4.69) is 21.2 Å². The van der Waals surface area contributed by atoms with Gasteiger partial charge in [0.05, 0.1) is 12.2 Å². The first kappa shape index (κ1) is 17.3. The van der Waals surface area contributed by atoms with Gasteiger partial charge in [-0.25, -0.2) is 0 Å². The third kappa shape index (κ3) is 6.11. The predicted molar refractivity (Wildman–Crippen MR) is 74.9 cm³/mol. The van der Waals surface area contributed by atoms with Gasteiger partial charge in [-0.05, 0) is 40.5 Å². The van der Waals surface area contributed by atoms with Crippen molar-refractivity contribution in [1.82, 2.24) is 0 Å². The second-order valence-electron chi connectivity index (χ2n) is 4.08. The molecule has 0 saturated heterocycles. The van der Waals surface area contributed by atoms with Crippen molar-refractivity contribution in [2.24, 2.45) is 0 Å². The number of hydrogen-bond acceptors (Lipinski definition) is 3. The molecule has 0 aliphatic carbocycles. The molecule has 0 aliphatic heterocycles. The number of anilines is 1. The van der Waals surface area contributed by atoms with E-state index in [0.717, 1.165) is 18.6 Å². The largest absolute Gasteiger partial charge is 0.416 e. The molecule has 0 bridgehead atoms. The van der Waals surface area contributed by atoms with Crippen LogP contribution < -0.4 is 5.32 Å². The van der Waals surface area contributed by atoms with Crippen LogP contribution in [-0.2, 0) is 15.7 Å². The average Bonchev–Trinajstić information content (AvgIpc) is 2.38. The van der Waals surface area contributed by atoms with Crippen LogP contribution >= 0.6 is 15.9 Å². The van der Waals surface area contributed by atoms with Gasteiger partial charge >= 0.3 is 6.18 Å². The summed E-state index contributed by atoms with van der Waals surface area (Å²) in [5.41, 5.74) is -0.274. The monoisotopic (exact) mass is 355 g/mol. The first-order valence-electron chi connectivity index (χ1n) is 6.12. The second-order valence-corrected chi connectivity index (χ2v) is 4.93. The lowest BCUT2D eigenvalue weighted by Gasteiger charge is -2.12. The standard InChI is InChI=1S/C13H17BrF3NO2/c1-19-6-2-7-20-8-5-18-12-9-10(13(15,16)17)3-4-11(12)14/h3-4,9,18H,2,5-8H2,1H3. The van der Waals surface area contributed by atoms with Crippen molar-refractivity contribution in [1.29, 1.82) is 0 Å². The number of nitrogens with one attached hydrogen (secondary N) is 1. The number of hydrogen-bond donors (Lipinski definition) is 1. The molecule has 0 saturated carbocycles. The van der Waals surface area contributed by atoms with Gasteiger partial charge < -0.3 is 14.8 Å². The van der Waals surface area contributed by atoms with Crippen molar-refractivity contribution in [3.63, 3.8) is 0 Å². The summed E-state index contributed by atoms with van der Waals surface area (Å²) in [6.45, 7) is 2.06. The molecule has 1 N–H and O–H groups in total. The summed E-state index contributed by atoms with van der Waals surface area (Å²) >= 11 is 3.21. The van der Waals surface area contributed by atoms with E-state index in [1.165, 1.54) is 6.07 Å². The van der Waals surface area contributed by atoms with Gasteiger partial charge in [0.2, 0.25) is 0 Å². The average molecular weight is 356 g/mol. The fourth-order valence-corrected chi connectivity index (χ4v) is 1.89. The van der Waals surface area contributed by atoms with E-state index in [9.17, 15) is 13.2 Å². The molecular formula is C13H17BrF3NO2. The third-order valence-corrected chi connectivity index (χ3v) is 3.18. The number of benzene rings is 1. The molecule has 0 fully saturated rings. The number of halogens is 4. The zero-order valence-electron chi connectivity index (χ0n) is 11.1. The van der Waals surface area contributed by atoms with Crippen LogP contribution in [0.25, 0.3) is 0 Å². The Morgan fingerprint density at radius 1 is 1.20 bits per heavy atom. The fourth-order valence-electron chi connectivity index (χ4n) is 1.50. The van der Waals surface area contributed by atoms with Crippen molar-refractivity contribution in [3.05, 3.63) is 28.2 Å². The molecule has 20 heavy (non-hydrogen) atoms. The van der Waals surface area contributed by atoms with E-state index in [0.29, 0.717) is 36.5 Å². The summed E-state index contributed by atoms with van der Waals surface area (Å²) < 4.78 is 48.5. The molecule has 0 radical (unpaired) electrons. The maximum Gasteiger partial charge on any atom is 0.416 e.